The summed E-state index contributed by atoms with van der Waals surface area (Å²) in [6, 6.07) is 21.4. The lowest BCUT2D eigenvalue weighted by Crippen LogP contribution is -2.44. The highest BCUT2D eigenvalue weighted by Crippen LogP contribution is 2.61. The molecule has 0 amide bonds. The largest absolute Gasteiger partial charge is 0.302 e. The molecule has 4 rings (SSSR count). The van der Waals surface area contributed by atoms with Crippen LogP contribution in [-0.2, 0) is 4.79 Å². The highest BCUT2D eigenvalue weighted by Gasteiger charge is 2.59. The molecule has 1 saturated carbocycles. The van der Waals surface area contributed by atoms with E-state index in [1.54, 1.807) is 0 Å². The van der Waals surface area contributed by atoms with E-state index in [0.717, 1.165) is 6.42 Å². The van der Waals surface area contributed by atoms with Crippen LogP contribution in [0.4, 0.5) is 0 Å². The van der Waals surface area contributed by atoms with Gasteiger partial charge in [0.2, 0.25) is 0 Å². The van der Waals surface area contributed by atoms with E-state index >= 15 is 0 Å². The Morgan fingerprint density at radius 3 is 2.04 bits per heavy atom. The second kappa shape index (κ2) is 5.81. The first-order valence-electron chi connectivity index (χ1n) is 9.29. The summed E-state index contributed by atoms with van der Waals surface area (Å²) in [6.45, 7) is 6.80. The molecule has 2 aromatic carbocycles. The lowest BCUT2D eigenvalue weighted by molar-refractivity contribution is -0.134. The van der Waals surface area contributed by atoms with Crippen LogP contribution in [0.2, 0.25) is 0 Å². The molecule has 130 valence electrons. The van der Waals surface area contributed by atoms with Crippen LogP contribution in [0.3, 0.4) is 0 Å². The molecule has 1 aliphatic carbocycles. The number of carbonyl (C=O) groups excluding carboxylic acids is 1. The maximum absolute atomic E-state index is 13.2. The normalized spacial score (nSPS) is 33.9. The fourth-order valence-corrected chi connectivity index (χ4v) is 5.54. The van der Waals surface area contributed by atoms with Crippen LogP contribution in [0.15, 0.2) is 60.7 Å². The number of rotatable bonds is 2. The van der Waals surface area contributed by atoms with Gasteiger partial charge in [0.1, 0.15) is 5.78 Å². The van der Waals surface area contributed by atoms with E-state index in [4.69, 9.17) is 0 Å². The molecule has 2 aliphatic rings. The van der Waals surface area contributed by atoms with Crippen molar-refractivity contribution in [2.75, 3.05) is 0 Å². The molecule has 2 nitrogen and oxygen atoms in total. The number of ketones is 1. The molecule has 2 heteroatoms. The minimum atomic E-state index is -0.0688. The molecular formula is C23H27NO. The molecule has 1 saturated heterocycles. The molecule has 4 unspecified atom stereocenters. The summed E-state index contributed by atoms with van der Waals surface area (Å²) in [5.74, 6) is 0.451. The Hall–Kier alpha value is -1.93. The Bertz CT molecular complexity index is 767. The fourth-order valence-electron chi connectivity index (χ4n) is 5.54. The van der Waals surface area contributed by atoms with Gasteiger partial charge in [0.05, 0.1) is 0 Å². The van der Waals surface area contributed by atoms with Crippen LogP contribution >= 0.6 is 0 Å². The second-order valence-corrected chi connectivity index (χ2v) is 8.87. The van der Waals surface area contributed by atoms with Crippen LogP contribution in [0.25, 0.3) is 0 Å². The third-order valence-electron chi connectivity index (χ3n) is 6.20. The Morgan fingerprint density at radius 1 is 0.880 bits per heavy atom. The zero-order valence-electron chi connectivity index (χ0n) is 15.3. The Labute approximate surface area is 150 Å². The number of nitrogens with one attached hydrogen (secondary N) is 1. The van der Waals surface area contributed by atoms with Crippen molar-refractivity contribution in [3.05, 3.63) is 71.8 Å². The molecule has 25 heavy (non-hydrogen) atoms. The monoisotopic (exact) mass is 333 g/mol. The minimum Gasteiger partial charge on any atom is -0.302 e. The first kappa shape index (κ1) is 16.5. The maximum atomic E-state index is 13.2. The molecule has 0 radical (unpaired) electrons. The number of fused-ring (bicyclic) bond motifs is 1. The van der Waals surface area contributed by atoms with E-state index in [9.17, 15) is 4.79 Å². The van der Waals surface area contributed by atoms with Crippen LogP contribution in [0, 0.1) is 16.7 Å². The SMILES string of the molecule is CC1(C)CC(=O)C2C(c3ccccc3)NC(c3ccccc3)C2(C)C1. The average Bonchev–Trinajstić information content (AvgIpc) is 2.88. The topological polar surface area (TPSA) is 29.1 Å². The van der Waals surface area contributed by atoms with Crippen LogP contribution in [0.1, 0.15) is 56.8 Å². The second-order valence-electron chi connectivity index (χ2n) is 8.87. The first-order valence-corrected chi connectivity index (χ1v) is 9.29. The predicted octanol–water partition coefficient (Wildman–Crippen LogP) is 5.08. The third-order valence-corrected chi connectivity index (χ3v) is 6.20. The predicted molar refractivity (Wildman–Crippen MR) is 101 cm³/mol. The van der Waals surface area contributed by atoms with Gasteiger partial charge in [-0.05, 0) is 28.4 Å². The van der Waals surface area contributed by atoms with E-state index in [1.807, 2.05) is 6.07 Å². The quantitative estimate of drug-likeness (QED) is 0.830. The van der Waals surface area contributed by atoms with Crippen LogP contribution in [0.5, 0.6) is 0 Å². The number of carbonyl (C=O) groups is 1. The lowest BCUT2D eigenvalue weighted by Gasteiger charge is -2.47. The van der Waals surface area contributed by atoms with Crippen molar-refractivity contribution < 1.29 is 4.79 Å². The molecule has 2 fully saturated rings. The molecular weight excluding hydrogens is 306 g/mol. The molecule has 1 N–H and O–H groups in total. The van der Waals surface area contributed by atoms with Gasteiger partial charge in [0, 0.05) is 24.4 Å². The van der Waals surface area contributed by atoms with Crippen molar-refractivity contribution in [2.45, 2.75) is 45.7 Å². The first-order chi connectivity index (χ1) is 11.9. The van der Waals surface area contributed by atoms with Gasteiger partial charge in [-0.25, -0.2) is 0 Å². The van der Waals surface area contributed by atoms with Crippen molar-refractivity contribution in [1.82, 2.24) is 5.32 Å². The number of benzene rings is 2. The average molecular weight is 333 g/mol. The molecule has 1 heterocycles. The molecule has 1 aliphatic heterocycles. The van der Waals surface area contributed by atoms with Gasteiger partial charge in [0.25, 0.3) is 0 Å². The van der Waals surface area contributed by atoms with Gasteiger partial charge in [-0.15, -0.1) is 0 Å². The summed E-state index contributed by atoms with van der Waals surface area (Å²) in [5.41, 5.74) is 2.51. The van der Waals surface area contributed by atoms with Gasteiger partial charge in [-0.1, -0.05) is 81.4 Å². The highest BCUT2D eigenvalue weighted by molar-refractivity contribution is 5.85. The summed E-state index contributed by atoms with van der Waals surface area (Å²) in [6.07, 6.45) is 1.74. The summed E-state index contributed by atoms with van der Waals surface area (Å²) in [4.78, 5) is 13.2. The van der Waals surface area contributed by atoms with Gasteiger partial charge in [0.15, 0.2) is 0 Å². The number of hydrogen-bond acceptors (Lipinski definition) is 2. The standard InChI is InChI=1S/C23H27NO/c1-22(2)14-18(25)19-20(16-10-6-4-7-11-16)24-21(23(19,3)15-22)17-12-8-5-9-13-17/h4-13,19-21,24H,14-15H2,1-3H3. The Morgan fingerprint density at radius 2 is 1.44 bits per heavy atom. The maximum Gasteiger partial charge on any atom is 0.139 e. The zero-order valence-corrected chi connectivity index (χ0v) is 15.3. The van der Waals surface area contributed by atoms with Crippen molar-refractivity contribution >= 4 is 5.78 Å². The van der Waals surface area contributed by atoms with Crippen molar-refractivity contribution in [1.29, 1.82) is 0 Å². The molecule has 0 bridgehead atoms. The van der Waals surface area contributed by atoms with E-state index in [2.05, 4.69) is 80.7 Å². The van der Waals surface area contributed by atoms with Crippen LogP contribution < -0.4 is 5.32 Å². The number of hydrogen-bond donors (Lipinski definition) is 1. The lowest BCUT2D eigenvalue weighted by atomic mass is 9.55. The summed E-state index contributed by atoms with van der Waals surface area (Å²) >= 11 is 0. The molecule has 0 spiro atoms. The number of Topliss-reactive ketones (excluding diaryl/α,β-unsaturated/α-hetero) is 1. The summed E-state index contributed by atoms with van der Waals surface area (Å²) in [7, 11) is 0. The van der Waals surface area contributed by atoms with Crippen LogP contribution in [-0.4, -0.2) is 5.78 Å². The summed E-state index contributed by atoms with van der Waals surface area (Å²) in [5, 5.41) is 3.85. The zero-order chi connectivity index (χ0) is 17.7. The molecule has 4 atom stereocenters. The van der Waals surface area contributed by atoms with E-state index in [-0.39, 0.29) is 28.8 Å². The van der Waals surface area contributed by atoms with Gasteiger partial charge in [-0.2, -0.15) is 0 Å². The highest BCUT2D eigenvalue weighted by atomic mass is 16.1. The minimum absolute atomic E-state index is 0.0353. The molecule has 0 aromatic heterocycles. The summed E-state index contributed by atoms with van der Waals surface area (Å²) < 4.78 is 0. The van der Waals surface area contributed by atoms with Crippen molar-refractivity contribution in [3.63, 3.8) is 0 Å². The Kier molecular flexibility index (Phi) is 3.84. The fraction of sp³-hybridized carbons (Fsp3) is 0.435. The third kappa shape index (κ3) is 2.73. The van der Waals surface area contributed by atoms with E-state index in [0.29, 0.717) is 12.2 Å². The van der Waals surface area contributed by atoms with Gasteiger partial charge >= 0.3 is 0 Å². The molecule has 2 aromatic rings. The smallest absolute Gasteiger partial charge is 0.139 e. The van der Waals surface area contributed by atoms with Gasteiger partial charge in [-0.3, -0.25) is 4.79 Å². The van der Waals surface area contributed by atoms with Gasteiger partial charge < -0.3 is 5.32 Å². The Balaban J connectivity index is 1.82. The van der Waals surface area contributed by atoms with Crippen molar-refractivity contribution in [2.24, 2.45) is 16.7 Å². The van der Waals surface area contributed by atoms with E-state index in [1.165, 1.54) is 11.1 Å². The van der Waals surface area contributed by atoms with Crippen molar-refractivity contribution in [3.8, 4) is 0 Å². The van der Waals surface area contributed by atoms with E-state index < -0.39 is 0 Å².